The number of aromatic nitrogens is 2. The molecule has 102 valence electrons. The second-order valence-corrected chi connectivity index (χ2v) is 6.37. The summed E-state index contributed by atoms with van der Waals surface area (Å²) in [6.07, 6.45) is 1.88. The Morgan fingerprint density at radius 3 is 3.00 bits per heavy atom. The summed E-state index contributed by atoms with van der Waals surface area (Å²) in [6, 6.07) is 10.4. The van der Waals surface area contributed by atoms with Gasteiger partial charge in [0.15, 0.2) is 0 Å². The average Bonchev–Trinajstić information content (AvgIpc) is 3.09. The number of nitrogens with one attached hydrogen (secondary N) is 2. The number of aryl methyl sites for hydroxylation is 1. The summed E-state index contributed by atoms with van der Waals surface area (Å²) in [7, 11) is 0. The van der Waals surface area contributed by atoms with E-state index < -0.39 is 0 Å². The van der Waals surface area contributed by atoms with Crippen LogP contribution >= 0.6 is 27.3 Å². The summed E-state index contributed by atoms with van der Waals surface area (Å²) in [6.45, 7) is 2.83. The van der Waals surface area contributed by atoms with E-state index in [9.17, 15) is 0 Å². The maximum atomic E-state index is 4.15. The number of anilines is 1. The minimum atomic E-state index is 0.749. The van der Waals surface area contributed by atoms with Crippen molar-refractivity contribution in [2.75, 3.05) is 5.32 Å². The van der Waals surface area contributed by atoms with Gasteiger partial charge in [-0.15, -0.1) is 11.3 Å². The molecule has 2 aromatic heterocycles. The highest BCUT2D eigenvalue weighted by atomic mass is 79.9. The number of aromatic amines is 1. The Hall–Kier alpha value is -1.59. The molecule has 2 N–H and O–H groups in total. The maximum absolute atomic E-state index is 4.15. The topological polar surface area (TPSA) is 40.7 Å². The molecule has 0 radical (unpaired) electrons. The van der Waals surface area contributed by atoms with Crippen LogP contribution in [0.25, 0.3) is 10.6 Å². The summed E-state index contributed by atoms with van der Waals surface area (Å²) >= 11 is 5.27. The van der Waals surface area contributed by atoms with Crippen LogP contribution in [0, 0.1) is 6.92 Å². The van der Waals surface area contributed by atoms with Gasteiger partial charge in [0.2, 0.25) is 0 Å². The highest BCUT2D eigenvalue weighted by Crippen LogP contribution is 2.27. The first-order valence-electron chi connectivity index (χ1n) is 6.30. The lowest BCUT2D eigenvalue weighted by Gasteiger charge is -2.08. The Bertz CT molecular complexity index is 704. The summed E-state index contributed by atoms with van der Waals surface area (Å²) in [4.78, 5) is 1.21. The minimum Gasteiger partial charge on any atom is -0.381 e. The van der Waals surface area contributed by atoms with Crippen molar-refractivity contribution in [3.8, 4) is 10.6 Å². The van der Waals surface area contributed by atoms with Crippen LogP contribution in [0.2, 0.25) is 0 Å². The van der Waals surface area contributed by atoms with Gasteiger partial charge < -0.3 is 5.32 Å². The third-order valence-corrected chi connectivity index (χ3v) is 4.88. The lowest BCUT2D eigenvalue weighted by atomic mass is 10.2. The Morgan fingerprint density at radius 1 is 1.35 bits per heavy atom. The Morgan fingerprint density at radius 2 is 2.25 bits per heavy atom. The Labute approximate surface area is 130 Å². The number of H-pyrrole nitrogens is 1. The number of nitrogens with zero attached hydrogens (tertiary/aromatic N) is 1. The minimum absolute atomic E-state index is 0.749. The fourth-order valence-corrected chi connectivity index (χ4v) is 3.11. The van der Waals surface area contributed by atoms with Gasteiger partial charge in [0.05, 0.1) is 16.8 Å². The average molecular weight is 348 g/mol. The molecule has 3 rings (SSSR count). The molecule has 20 heavy (non-hydrogen) atoms. The maximum Gasteiger partial charge on any atom is 0.0799 e. The smallest absolute Gasteiger partial charge is 0.0799 e. The number of hydrogen-bond acceptors (Lipinski definition) is 3. The van der Waals surface area contributed by atoms with E-state index in [-0.39, 0.29) is 0 Å². The first-order valence-corrected chi connectivity index (χ1v) is 7.97. The molecule has 0 fully saturated rings. The van der Waals surface area contributed by atoms with Crippen molar-refractivity contribution in [1.82, 2.24) is 10.2 Å². The molecule has 0 aliphatic rings. The molecule has 0 saturated heterocycles. The lowest BCUT2D eigenvalue weighted by Crippen LogP contribution is -1.99. The van der Waals surface area contributed by atoms with E-state index in [2.05, 4.69) is 74.1 Å². The Kier molecular flexibility index (Phi) is 3.89. The van der Waals surface area contributed by atoms with Crippen molar-refractivity contribution in [2.45, 2.75) is 13.5 Å². The fraction of sp³-hybridized carbons (Fsp3) is 0.133. The number of hydrogen-bond donors (Lipinski definition) is 2. The van der Waals surface area contributed by atoms with E-state index >= 15 is 0 Å². The number of thiophene rings is 1. The van der Waals surface area contributed by atoms with Crippen molar-refractivity contribution in [3.63, 3.8) is 0 Å². The lowest BCUT2D eigenvalue weighted by molar-refractivity contribution is 1.10. The zero-order valence-electron chi connectivity index (χ0n) is 11.0. The molecule has 3 nitrogen and oxygen atoms in total. The van der Waals surface area contributed by atoms with Gasteiger partial charge in [-0.1, -0.05) is 28.1 Å². The van der Waals surface area contributed by atoms with Crippen LogP contribution in [0.1, 0.15) is 11.1 Å². The zero-order valence-corrected chi connectivity index (χ0v) is 13.4. The van der Waals surface area contributed by atoms with Gasteiger partial charge in [-0.2, -0.15) is 5.10 Å². The first kappa shape index (κ1) is 13.4. The first-order chi connectivity index (χ1) is 9.74. The molecule has 0 atom stereocenters. The molecule has 5 heteroatoms. The van der Waals surface area contributed by atoms with Crippen molar-refractivity contribution in [1.29, 1.82) is 0 Å². The normalized spacial score (nSPS) is 10.7. The molecular formula is C15H14BrN3S. The molecule has 2 heterocycles. The largest absolute Gasteiger partial charge is 0.381 e. The third kappa shape index (κ3) is 2.78. The van der Waals surface area contributed by atoms with Gasteiger partial charge >= 0.3 is 0 Å². The highest BCUT2D eigenvalue weighted by molar-refractivity contribution is 9.10. The van der Waals surface area contributed by atoms with Crippen molar-refractivity contribution in [2.24, 2.45) is 0 Å². The van der Waals surface area contributed by atoms with Gasteiger partial charge in [-0.05, 0) is 36.1 Å². The van der Waals surface area contributed by atoms with Gasteiger partial charge in [0.1, 0.15) is 0 Å². The second kappa shape index (κ2) is 5.81. The van der Waals surface area contributed by atoms with E-state index in [0.717, 1.165) is 22.4 Å². The third-order valence-electron chi connectivity index (χ3n) is 3.14. The number of halogens is 1. The molecule has 0 amide bonds. The molecular weight excluding hydrogens is 334 g/mol. The van der Waals surface area contributed by atoms with Gasteiger partial charge in [-0.25, -0.2) is 0 Å². The van der Waals surface area contributed by atoms with Crippen molar-refractivity contribution >= 4 is 33.0 Å². The number of benzene rings is 1. The van der Waals surface area contributed by atoms with Crippen molar-refractivity contribution < 1.29 is 0 Å². The Balaban J connectivity index is 1.76. The van der Waals surface area contributed by atoms with Gasteiger partial charge in [-0.3, -0.25) is 5.10 Å². The van der Waals surface area contributed by atoms with E-state index in [1.807, 2.05) is 6.20 Å². The monoisotopic (exact) mass is 347 g/mol. The zero-order chi connectivity index (χ0) is 13.9. The predicted molar refractivity (Wildman–Crippen MR) is 88.1 cm³/mol. The van der Waals surface area contributed by atoms with Crippen LogP contribution in [0.5, 0.6) is 0 Å². The molecule has 0 aliphatic heterocycles. The second-order valence-electron chi connectivity index (χ2n) is 4.57. The predicted octanol–water partition coefficient (Wildman–Crippen LogP) is 4.82. The molecule has 0 bridgehead atoms. The summed E-state index contributed by atoms with van der Waals surface area (Å²) in [5.41, 5.74) is 4.60. The quantitative estimate of drug-likeness (QED) is 0.710. The molecule has 0 aliphatic carbocycles. The molecule has 0 saturated carbocycles. The van der Waals surface area contributed by atoms with Crippen LogP contribution in [0.4, 0.5) is 5.69 Å². The summed E-state index contributed by atoms with van der Waals surface area (Å²) in [5, 5.41) is 12.7. The molecule has 1 aromatic carbocycles. The fourth-order valence-electron chi connectivity index (χ4n) is 1.98. The van der Waals surface area contributed by atoms with Crippen LogP contribution in [-0.4, -0.2) is 10.2 Å². The van der Waals surface area contributed by atoms with E-state index in [1.165, 1.54) is 16.0 Å². The van der Waals surface area contributed by atoms with Crippen LogP contribution in [0.15, 0.2) is 46.4 Å². The summed E-state index contributed by atoms with van der Waals surface area (Å²) < 4.78 is 1.12. The molecule has 0 unspecified atom stereocenters. The standard InChI is InChI=1S/C15H14BrN3S/c1-10-4-5-12(7-13(10)16)17-8-11-9-18-19-15(11)14-3-2-6-20-14/h2-7,9,17H,8H2,1H3,(H,18,19). The highest BCUT2D eigenvalue weighted by Gasteiger charge is 2.08. The van der Waals surface area contributed by atoms with E-state index in [1.54, 1.807) is 11.3 Å². The van der Waals surface area contributed by atoms with Crippen molar-refractivity contribution in [3.05, 3.63) is 57.5 Å². The van der Waals surface area contributed by atoms with Crippen LogP contribution in [-0.2, 0) is 6.54 Å². The molecule has 3 aromatic rings. The van der Waals surface area contributed by atoms with Crippen LogP contribution in [0.3, 0.4) is 0 Å². The number of rotatable bonds is 4. The molecule has 0 spiro atoms. The van der Waals surface area contributed by atoms with Gasteiger partial charge in [0, 0.05) is 22.3 Å². The SMILES string of the molecule is Cc1ccc(NCc2cn[nH]c2-c2cccs2)cc1Br. The van der Waals surface area contributed by atoms with Crippen LogP contribution < -0.4 is 5.32 Å². The van der Waals surface area contributed by atoms with E-state index in [4.69, 9.17) is 0 Å². The van der Waals surface area contributed by atoms with E-state index in [0.29, 0.717) is 0 Å². The van der Waals surface area contributed by atoms with Gasteiger partial charge in [0.25, 0.3) is 0 Å². The summed E-state index contributed by atoms with van der Waals surface area (Å²) in [5.74, 6) is 0.